The Morgan fingerprint density at radius 3 is 2.44 bits per heavy atom. The van der Waals surface area contributed by atoms with Gasteiger partial charge in [0, 0.05) is 25.6 Å². The van der Waals surface area contributed by atoms with Gasteiger partial charge in [-0.1, -0.05) is 6.92 Å². The highest BCUT2D eigenvalue weighted by molar-refractivity contribution is 7.44. The Hall–Kier alpha value is -0.460. The van der Waals surface area contributed by atoms with E-state index < -0.39 is 14.6 Å². The van der Waals surface area contributed by atoms with Crippen LogP contribution in [0.2, 0.25) is 0 Å². The zero-order valence-corrected chi connectivity index (χ0v) is 17.5. The predicted octanol–water partition coefficient (Wildman–Crippen LogP) is 3.68. The first-order chi connectivity index (χ1) is 11.8. The summed E-state index contributed by atoms with van der Waals surface area (Å²) in [5, 5.41) is 2.42. The molecule has 1 N–H and O–H groups in total. The summed E-state index contributed by atoms with van der Waals surface area (Å²) in [6, 6.07) is 0.566. The van der Waals surface area contributed by atoms with Crippen LogP contribution in [0.1, 0.15) is 54.4 Å². The summed E-state index contributed by atoms with van der Waals surface area (Å²) in [6.07, 6.45) is 1.68. The lowest BCUT2D eigenvalue weighted by Crippen LogP contribution is -2.36. The van der Waals surface area contributed by atoms with Gasteiger partial charge in [0.15, 0.2) is 0 Å². The van der Waals surface area contributed by atoms with E-state index in [0.717, 1.165) is 12.8 Å². The van der Waals surface area contributed by atoms with E-state index in [1.54, 1.807) is 0 Å². The average molecular weight is 378 g/mol. The summed E-state index contributed by atoms with van der Waals surface area (Å²) in [6.45, 7) is 13.2. The van der Waals surface area contributed by atoms with Gasteiger partial charge in [-0.2, -0.15) is 0 Å². The molecule has 0 saturated carbocycles. The van der Waals surface area contributed by atoms with Crippen molar-refractivity contribution in [3.05, 3.63) is 0 Å². The minimum atomic E-state index is -1.26. The average Bonchev–Trinajstić information content (AvgIpc) is 2.89. The highest BCUT2D eigenvalue weighted by Crippen LogP contribution is 2.49. The van der Waals surface area contributed by atoms with E-state index in [2.05, 4.69) is 51.5 Å². The molecule has 0 aromatic rings. The lowest BCUT2D eigenvalue weighted by Gasteiger charge is -2.37. The molecular formula is C17H35N2O5P. The van der Waals surface area contributed by atoms with Gasteiger partial charge in [-0.05, 0) is 41.0 Å². The van der Waals surface area contributed by atoms with Gasteiger partial charge >= 0.3 is 6.09 Å². The molecule has 4 unspecified atom stereocenters. The van der Waals surface area contributed by atoms with Crippen molar-refractivity contribution in [3.8, 4) is 0 Å². The van der Waals surface area contributed by atoms with E-state index in [0.29, 0.717) is 6.61 Å². The molecule has 0 bridgehead atoms. The third-order valence-electron chi connectivity index (χ3n) is 3.98. The van der Waals surface area contributed by atoms with E-state index in [4.69, 9.17) is 18.5 Å². The molecule has 148 valence electrons. The SMILES string of the molecule is CCC1OC(C)CC1OP(OCCOC(=O)NC)N(C(C)C)C(C)C. The number of hydrogen-bond donors (Lipinski definition) is 1. The molecule has 0 spiro atoms. The highest BCUT2D eigenvalue weighted by Gasteiger charge is 2.38. The van der Waals surface area contributed by atoms with E-state index in [-0.39, 0.29) is 37.0 Å². The molecule has 1 saturated heterocycles. The van der Waals surface area contributed by atoms with Crippen LogP contribution in [0.3, 0.4) is 0 Å². The van der Waals surface area contributed by atoms with Crippen LogP contribution in [0.25, 0.3) is 0 Å². The molecule has 1 amide bonds. The molecule has 0 aromatic carbocycles. The van der Waals surface area contributed by atoms with Crippen LogP contribution in [0.15, 0.2) is 0 Å². The van der Waals surface area contributed by atoms with Gasteiger partial charge in [0.1, 0.15) is 6.61 Å². The van der Waals surface area contributed by atoms with Gasteiger partial charge in [0.25, 0.3) is 8.53 Å². The minimum absolute atomic E-state index is 0.0333. The number of nitrogens with zero attached hydrogens (tertiary/aromatic N) is 1. The van der Waals surface area contributed by atoms with Gasteiger partial charge < -0.3 is 23.8 Å². The number of nitrogens with one attached hydrogen (secondary N) is 1. The van der Waals surface area contributed by atoms with Gasteiger partial charge in [-0.25, -0.2) is 9.46 Å². The van der Waals surface area contributed by atoms with Crippen molar-refractivity contribution in [2.75, 3.05) is 20.3 Å². The minimum Gasteiger partial charge on any atom is -0.447 e. The molecule has 4 atom stereocenters. The zero-order valence-electron chi connectivity index (χ0n) is 16.7. The first-order valence-electron chi connectivity index (χ1n) is 9.18. The van der Waals surface area contributed by atoms with E-state index in [1.807, 2.05) is 0 Å². The molecule has 0 aliphatic carbocycles. The number of hydrogen-bond acceptors (Lipinski definition) is 6. The number of rotatable bonds is 10. The molecule has 1 aliphatic rings. The Bertz CT molecular complexity index is 389. The van der Waals surface area contributed by atoms with Crippen LogP contribution in [-0.2, 0) is 18.5 Å². The molecule has 1 rings (SSSR count). The van der Waals surface area contributed by atoms with Gasteiger partial charge in [0.2, 0.25) is 0 Å². The van der Waals surface area contributed by atoms with Crippen molar-refractivity contribution in [2.45, 2.75) is 84.8 Å². The first kappa shape index (κ1) is 22.6. The molecule has 8 heteroatoms. The second kappa shape index (κ2) is 11.3. The van der Waals surface area contributed by atoms with Crippen molar-refractivity contribution in [3.63, 3.8) is 0 Å². The standard InChI is InChI=1S/C17H35N2O5P/c1-8-15-16(11-14(6)23-15)24-25(19(12(2)3)13(4)5)22-10-9-21-17(20)18-7/h12-16H,8-11H2,1-7H3,(H,18,20). The topological polar surface area (TPSA) is 69.3 Å². The summed E-state index contributed by atoms with van der Waals surface area (Å²) in [7, 11) is 0.273. The normalized spacial score (nSPS) is 25.0. The van der Waals surface area contributed by atoms with Crippen molar-refractivity contribution >= 4 is 14.6 Å². The Morgan fingerprint density at radius 2 is 1.92 bits per heavy atom. The van der Waals surface area contributed by atoms with Crippen LogP contribution in [0, 0.1) is 0 Å². The maximum Gasteiger partial charge on any atom is 0.406 e. The molecule has 7 nitrogen and oxygen atoms in total. The van der Waals surface area contributed by atoms with Crippen molar-refractivity contribution in [1.29, 1.82) is 0 Å². The second-order valence-electron chi connectivity index (χ2n) is 6.80. The second-order valence-corrected chi connectivity index (χ2v) is 8.20. The van der Waals surface area contributed by atoms with Gasteiger partial charge in [-0.3, -0.25) is 0 Å². The maximum atomic E-state index is 11.2. The fraction of sp³-hybridized carbons (Fsp3) is 0.941. The van der Waals surface area contributed by atoms with Gasteiger partial charge in [-0.15, -0.1) is 0 Å². The van der Waals surface area contributed by atoms with E-state index in [1.165, 1.54) is 7.05 Å². The molecule has 1 aliphatic heterocycles. The Balaban J connectivity index is 2.71. The zero-order chi connectivity index (χ0) is 19.0. The number of amides is 1. The van der Waals surface area contributed by atoms with Gasteiger partial charge in [0.05, 0.1) is 24.9 Å². The van der Waals surface area contributed by atoms with Crippen LogP contribution in [-0.4, -0.2) is 61.4 Å². The van der Waals surface area contributed by atoms with Crippen LogP contribution in [0.5, 0.6) is 0 Å². The fourth-order valence-corrected chi connectivity index (χ4v) is 4.69. The summed E-state index contributed by atoms with van der Waals surface area (Å²) in [5.41, 5.74) is 0. The molecule has 1 fully saturated rings. The molecular weight excluding hydrogens is 343 g/mol. The third-order valence-corrected chi connectivity index (χ3v) is 6.14. The quantitative estimate of drug-likeness (QED) is 0.462. The summed E-state index contributed by atoms with van der Waals surface area (Å²) < 4.78 is 25.6. The molecule has 25 heavy (non-hydrogen) atoms. The van der Waals surface area contributed by atoms with Crippen LogP contribution < -0.4 is 5.32 Å². The monoisotopic (exact) mass is 378 g/mol. The first-order valence-corrected chi connectivity index (χ1v) is 10.3. The Morgan fingerprint density at radius 1 is 1.28 bits per heavy atom. The van der Waals surface area contributed by atoms with Crippen LogP contribution in [0.4, 0.5) is 4.79 Å². The summed E-state index contributed by atoms with van der Waals surface area (Å²) >= 11 is 0. The molecule has 0 aromatic heterocycles. The number of carbonyl (C=O) groups excluding carboxylic acids is 1. The Labute approximate surface area is 153 Å². The lowest BCUT2D eigenvalue weighted by molar-refractivity contribution is 0.0150. The molecule has 1 heterocycles. The lowest BCUT2D eigenvalue weighted by atomic mass is 10.1. The smallest absolute Gasteiger partial charge is 0.406 e. The summed E-state index contributed by atoms with van der Waals surface area (Å²) in [5.74, 6) is 0. The Kier molecular flexibility index (Phi) is 10.2. The number of ether oxygens (including phenoxy) is 2. The summed E-state index contributed by atoms with van der Waals surface area (Å²) in [4.78, 5) is 11.2. The van der Waals surface area contributed by atoms with Crippen molar-refractivity contribution in [1.82, 2.24) is 9.99 Å². The van der Waals surface area contributed by atoms with E-state index >= 15 is 0 Å². The fourth-order valence-electron chi connectivity index (χ4n) is 2.95. The number of carbonyl (C=O) groups is 1. The highest BCUT2D eigenvalue weighted by atomic mass is 31.2. The van der Waals surface area contributed by atoms with Crippen LogP contribution >= 0.6 is 8.53 Å². The molecule has 0 radical (unpaired) electrons. The van der Waals surface area contributed by atoms with Crippen molar-refractivity contribution in [2.24, 2.45) is 0 Å². The third kappa shape index (κ3) is 7.35. The number of alkyl carbamates (subject to hydrolysis) is 1. The largest absolute Gasteiger partial charge is 0.447 e. The van der Waals surface area contributed by atoms with E-state index in [9.17, 15) is 4.79 Å². The predicted molar refractivity (Wildman–Crippen MR) is 99.5 cm³/mol. The maximum absolute atomic E-state index is 11.2. The van der Waals surface area contributed by atoms with Crippen molar-refractivity contribution < 1.29 is 23.3 Å².